The Kier molecular flexibility index (Phi) is 6.20. The molecule has 0 spiro atoms. The molecule has 2 N–H and O–H groups in total. The van der Waals surface area contributed by atoms with Crippen LogP contribution in [-0.2, 0) is 21.4 Å². The summed E-state index contributed by atoms with van der Waals surface area (Å²) in [5.41, 5.74) is 0.832. The molecule has 0 unspecified atom stereocenters. The number of piperazine rings is 1. The first kappa shape index (κ1) is 19.5. The van der Waals surface area contributed by atoms with E-state index in [2.05, 4.69) is 5.32 Å². The van der Waals surface area contributed by atoms with Gasteiger partial charge in [-0.05, 0) is 29.8 Å². The van der Waals surface area contributed by atoms with Crippen molar-refractivity contribution in [2.24, 2.45) is 0 Å². The summed E-state index contributed by atoms with van der Waals surface area (Å²) in [5, 5.41) is 2.82. The normalized spacial score (nSPS) is 16.2. The monoisotopic (exact) mass is 392 g/mol. The summed E-state index contributed by atoms with van der Waals surface area (Å²) >= 11 is 0. The average molecular weight is 392 g/mol. The number of quaternary nitrogens is 1. The van der Waals surface area contributed by atoms with Gasteiger partial charge in [0.2, 0.25) is 10.0 Å². The highest BCUT2D eigenvalue weighted by Crippen LogP contribution is 2.14. The van der Waals surface area contributed by atoms with E-state index in [1.54, 1.807) is 42.5 Å². The van der Waals surface area contributed by atoms with E-state index < -0.39 is 10.0 Å². The lowest BCUT2D eigenvalue weighted by atomic mass is 10.2. The summed E-state index contributed by atoms with van der Waals surface area (Å²) in [5.74, 6) is -0.411. The van der Waals surface area contributed by atoms with E-state index in [1.165, 1.54) is 16.4 Å². The van der Waals surface area contributed by atoms with E-state index in [0.29, 0.717) is 44.2 Å². The van der Waals surface area contributed by atoms with Gasteiger partial charge in [-0.3, -0.25) is 4.79 Å². The van der Waals surface area contributed by atoms with Crippen molar-refractivity contribution in [3.63, 3.8) is 0 Å². The van der Waals surface area contributed by atoms with Crippen LogP contribution in [0.4, 0.5) is 4.39 Å². The Labute approximate surface area is 158 Å². The van der Waals surface area contributed by atoms with Crippen molar-refractivity contribution in [2.75, 3.05) is 32.7 Å². The van der Waals surface area contributed by atoms with Crippen LogP contribution in [0.15, 0.2) is 59.5 Å². The lowest BCUT2D eigenvalue weighted by Gasteiger charge is -2.31. The Bertz CT molecular complexity index is 865. The average Bonchev–Trinajstić information content (AvgIpc) is 2.69. The smallest absolute Gasteiger partial charge is 0.275 e. The zero-order chi connectivity index (χ0) is 19.3. The summed E-state index contributed by atoms with van der Waals surface area (Å²) in [7, 11) is -3.47. The Balaban J connectivity index is 1.46. The third-order valence-corrected chi connectivity index (χ3v) is 6.54. The summed E-state index contributed by atoms with van der Waals surface area (Å²) in [6.45, 7) is 2.57. The first-order valence-corrected chi connectivity index (χ1v) is 10.3. The number of hydrogen-bond donors (Lipinski definition) is 2. The highest BCUT2D eigenvalue weighted by Gasteiger charge is 2.30. The molecule has 6 nitrogen and oxygen atoms in total. The molecule has 8 heteroatoms. The summed E-state index contributed by atoms with van der Waals surface area (Å²) in [6, 6.07) is 14.4. The second kappa shape index (κ2) is 8.60. The van der Waals surface area contributed by atoms with Gasteiger partial charge in [-0.1, -0.05) is 30.3 Å². The largest absolute Gasteiger partial charge is 0.347 e. The number of sulfonamides is 1. The van der Waals surface area contributed by atoms with Crippen LogP contribution in [0, 0.1) is 5.82 Å². The molecule has 0 aliphatic carbocycles. The molecule has 27 heavy (non-hydrogen) atoms. The fourth-order valence-corrected chi connectivity index (χ4v) is 4.52. The maximum atomic E-state index is 12.9. The Morgan fingerprint density at radius 2 is 1.67 bits per heavy atom. The molecule has 2 aromatic rings. The van der Waals surface area contributed by atoms with Crippen molar-refractivity contribution in [1.29, 1.82) is 0 Å². The third-order valence-electron chi connectivity index (χ3n) is 4.62. The molecular weight excluding hydrogens is 369 g/mol. The SMILES string of the molecule is O=C(C[NH+]1CCN(S(=O)(=O)c2ccccc2)CC1)NCc1ccc(F)cc1. The van der Waals surface area contributed by atoms with Crippen molar-refractivity contribution in [3.8, 4) is 0 Å². The first-order valence-electron chi connectivity index (χ1n) is 8.85. The van der Waals surface area contributed by atoms with Gasteiger partial charge in [0.05, 0.1) is 31.1 Å². The molecule has 144 valence electrons. The van der Waals surface area contributed by atoms with Crippen molar-refractivity contribution >= 4 is 15.9 Å². The molecule has 2 aromatic carbocycles. The third kappa shape index (κ3) is 5.12. The van der Waals surface area contributed by atoms with Crippen LogP contribution in [-0.4, -0.2) is 51.4 Å². The molecule has 0 radical (unpaired) electrons. The van der Waals surface area contributed by atoms with Gasteiger partial charge in [-0.25, -0.2) is 12.8 Å². The van der Waals surface area contributed by atoms with Crippen LogP contribution in [0.3, 0.4) is 0 Å². The van der Waals surface area contributed by atoms with E-state index in [4.69, 9.17) is 0 Å². The van der Waals surface area contributed by atoms with Crippen molar-refractivity contribution in [1.82, 2.24) is 9.62 Å². The molecule has 1 fully saturated rings. The minimum absolute atomic E-state index is 0.103. The minimum Gasteiger partial charge on any atom is -0.347 e. The van der Waals surface area contributed by atoms with Crippen LogP contribution in [0.5, 0.6) is 0 Å². The molecule has 0 aromatic heterocycles. The predicted octanol–water partition coefficient (Wildman–Crippen LogP) is 0.0313. The van der Waals surface area contributed by atoms with Crippen LogP contribution in [0.25, 0.3) is 0 Å². The number of nitrogens with one attached hydrogen (secondary N) is 2. The topological polar surface area (TPSA) is 70.9 Å². The second-order valence-corrected chi connectivity index (χ2v) is 8.49. The van der Waals surface area contributed by atoms with Gasteiger partial charge in [0, 0.05) is 6.54 Å². The molecule has 1 heterocycles. The highest BCUT2D eigenvalue weighted by molar-refractivity contribution is 7.89. The predicted molar refractivity (Wildman–Crippen MR) is 99.0 cm³/mol. The van der Waals surface area contributed by atoms with Gasteiger partial charge < -0.3 is 10.2 Å². The summed E-state index contributed by atoms with van der Waals surface area (Å²) in [6.07, 6.45) is 0. The zero-order valence-electron chi connectivity index (χ0n) is 14.9. The van der Waals surface area contributed by atoms with E-state index >= 15 is 0 Å². The number of benzene rings is 2. The number of amides is 1. The molecule has 0 saturated carbocycles. The molecule has 1 aliphatic heterocycles. The molecule has 1 saturated heterocycles. The highest BCUT2D eigenvalue weighted by atomic mass is 32.2. The molecular formula is C19H23FN3O3S+. The number of halogens is 1. The number of carbonyl (C=O) groups is 1. The summed E-state index contributed by atoms with van der Waals surface area (Å²) in [4.78, 5) is 13.5. The summed E-state index contributed by atoms with van der Waals surface area (Å²) < 4.78 is 39.6. The van der Waals surface area contributed by atoms with Gasteiger partial charge in [-0.15, -0.1) is 0 Å². The molecule has 1 aliphatic rings. The van der Waals surface area contributed by atoms with Gasteiger partial charge in [0.25, 0.3) is 5.91 Å². The maximum Gasteiger partial charge on any atom is 0.275 e. The Morgan fingerprint density at radius 1 is 1.04 bits per heavy atom. The molecule has 0 atom stereocenters. The van der Waals surface area contributed by atoms with Crippen LogP contribution in [0.2, 0.25) is 0 Å². The van der Waals surface area contributed by atoms with Gasteiger partial charge in [-0.2, -0.15) is 4.31 Å². The van der Waals surface area contributed by atoms with Gasteiger partial charge in [0.1, 0.15) is 5.82 Å². The standard InChI is InChI=1S/C19H22FN3O3S/c20-17-8-6-16(7-9-17)14-21-19(24)15-22-10-12-23(13-11-22)27(25,26)18-4-2-1-3-5-18/h1-9H,10-15H2,(H,21,24)/p+1. The van der Waals surface area contributed by atoms with Crippen molar-refractivity contribution in [3.05, 3.63) is 66.0 Å². The van der Waals surface area contributed by atoms with E-state index in [0.717, 1.165) is 10.5 Å². The fraction of sp³-hybridized carbons (Fsp3) is 0.316. The van der Waals surface area contributed by atoms with Crippen LogP contribution in [0.1, 0.15) is 5.56 Å². The lowest BCUT2D eigenvalue weighted by molar-refractivity contribution is -0.895. The molecule has 3 rings (SSSR count). The number of rotatable bonds is 6. The first-order chi connectivity index (χ1) is 12.9. The number of nitrogens with zero attached hydrogens (tertiary/aromatic N) is 1. The number of carbonyl (C=O) groups excluding carboxylic acids is 1. The fourth-order valence-electron chi connectivity index (χ4n) is 3.05. The Morgan fingerprint density at radius 3 is 2.30 bits per heavy atom. The number of hydrogen-bond acceptors (Lipinski definition) is 3. The maximum absolute atomic E-state index is 12.9. The quantitative estimate of drug-likeness (QED) is 0.729. The van der Waals surface area contributed by atoms with Crippen molar-refractivity contribution in [2.45, 2.75) is 11.4 Å². The van der Waals surface area contributed by atoms with Crippen LogP contribution >= 0.6 is 0 Å². The van der Waals surface area contributed by atoms with E-state index in [-0.39, 0.29) is 11.7 Å². The molecule has 0 bridgehead atoms. The van der Waals surface area contributed by atoms with Crippen molar-refractivity contribution < 1.29 is 22.5 Å². The zero-order valence-corrected chi connectivity index (χ0v) is 15.7. The van der Waals surface area contributed by atoms with Gasteiger partial charge >= 0.3 is 0 Å². The lowest BCUT2D eigenvalue weighted by Crippen LogP contribution is -3.15. The van der Waals surface area contributed by atoms with Gasteiger partial charge in [0.15, 0.2) is 6.54 Å². The Hall–Kier alpha value is -2.29. The minimum atomic E-state index is -3.47. The second-order valence-electron chi connectivity index (χ2n) is 6.55. The van der Waals surface area contributed by atoms with E-state index in [1.807, 2.05) is 0 Å². The van der Waals surface area contributed by atoms with E-state index in [9.17, 15) is 17.6 Å². The molecule has 1 amide bonds. The van der Waals surface area contributed by atoms with Crippen LogP contribution < -0.4 is 10.2 Å².